The fraction of sp³-hybridized carbons (Fsp3) is 0.625. The first-order valence-electron chi connectivity index (χ1n) is 7.12. The molecule has 0 unspecified atom stereocenters. The molecule has 0 spiro atoms. The molecule has 1 nitrogen and oxygen atoms in total. The minimum absolute atomic E-state index is 0.0419. The fourth-order valence-corrected chi connectivity index (χ4v) is 3.98. The fourth-order valence-electron chi connectivity index (χ4n) is 3.98. The highest BCUT2D eigenvalue weighted by atomic mass is 14.8. The van der Waals surface area contributed by atoms with Crippen molar-refractivity contribution in [3.8, 4) is 0 Å². The highest BCUT2D eigenvalue weighted by Gasteiger charge is 2.39. The van der Waals surface area contributed by atoms with Gasteiger partial charge in [0.25, 0.3) is 0 Å². The Balaban J connectivity index is 1.80. The number of rotatable bonds is 1. The van der Waals surface area contributed by atoms with Crippen molar-refractivity contribution in [3.63, 3.8) is 0 Å². The van der Waals surface area contributed by atoms with Crippen molar-refractivity contribution >= 4 is 0 Å². The van der Waals surface area contributed by atoms with Crippen LogP contribution in [0.4, 0.5) is 0 Å². The Morgan fingerprint density at radius 3 is 2.41 bits per heavy atom. The average Bonchev–Trinajstić information content (AvgIpc) is 2.40. The topological polar surface area (TPSA) is 26.0 Å². The van der Waals surface area contributed by atoms with Gasteiger partial charge in [0.15, 0.2) is 0 Å². The van der Waals surface area contributed by atoms with Gasteiger partial charge in [-0.25, -0.2) is 0 Å². The van der Waals surface area contributed by atoms with Gasteiger partial charge in [-0.1, -0.05) is 56.0 Å². The van der Waals surface area contributed by atoms with Crippen molar-refractivity contribution in [2.24, 2.45) is 17.6 Å². The molecule has 2 aliphatic carbocycles. The molecule has 0 amide bonds. The molecule has 0 heterocycles. The highest BCUT2D eigenvalue weighted by Crippen LogP contribution is 2.46. The molecule has 1 aromatic carbocycles. The normalized spacial score (nSPS) is 37.5. The van der Waals surface area contributed by atoms with Crippen LogP contribution >= 0.6 is 0 Å². The van der Waals surface area contributed by atoms with E-state index in [9.17, 15) is 0 Å². The molecule has 1 aromatic rings. The highest BCUT2D eigenvalue weighted by molar-refractivity contribution is 5.25. The van der Waals surface area contributed by atoms with E-state index in [4.69, 9.17) is 5.73 Å². The first kappa shape index (κ1) is 11.3. The first-order valence-corrected chi connectivity index (χ1v) is 7.12. The van der Waals surface area contributed by atoms with Crippen molar-refractivity contribution in [1.29, 1.82) is 0 Å². The van der Waals surface area contributed by atoms with Crippen LogP contribution in [0.25, 0.3) is 0 Å². The lowest BCUT2D eigenvalue weighted by atomic mass is 9.63. The molecule has 17 heavy (non-hydrogen) atoms. The van der Waals surface area contributed by atoms with Crippen molar-refractivity contribution in [2.75, 3.05) is 0 Å². The Kier molecular flexibility index (Phi) is 2.96. The van der Waals surface area contributed by atoms with Crippen LogP contribution < -0.4 is 5.73 Å². The summed E-state index contributed by atoms with van der Waals surface area (Å²) in [7, 11) is 0. The molecule has 0 saturated heterocycles. The van der Waals surface area contributed by atoms with Gasteiger partial charge >= 0.3 is 0 Å². The van der Waals surface area contributed by atoms with Crippen LogP contribution in [0.1, 0.15) is 50.5 Å². The maximum absolute atomic E-state index is 6.69. The molecule has 3 atom stereocenters. The quantitative estimate of drug-likeness (QED) is 0.778. The molecular weight excluding hydrogens is 206 g/mol. The summed E-state index contributed by atoms with van der Waals surface area (Å²) < 4.78 is 0. The molecule has 0 bridgehead atoms. The number of nitrogens with two attached hydrogens (primary N) is 1. The second kappa shape index (κ2) is 4.45. The largest absolute Gasteiger partial charge is 0.321 e. The zero-order valence-electron chi connectivity index (χ0n) is 10.6. The molecule has 0 radical (unpaired) electrons. The van der Waals surface area contributed by atoms with Crippen LogP contribution in [0.3, 0.4) is 0 Å². The van der Waals surface area contributed by atoms with Crippen molar-refractivity contribution in [2.45, 2.75) is 50.5 Å². The third-order valence-electron chi connectivity index (χ3n) is 5.00. The molecule has 2 fully saturated rings. The van der Waals surface area contributed by atoms with E-state index in [1.54, 1.807) is 0 Å². The van der Waals surface area contributed by atoms with Crippen LogP contribution in [0, 0.1) is 11.8 Å². The lowest BCUT2D eigenvalue weighted by molar-refractivity contribution is 0.110. The summed E-state index contributed by atoms with van der Waals surface area (Å²) >= 11 is 0. The molecule has 1 heteroatoms. The van der Waals surface area contributed by atoms with E-state index in [0.29, 0.717) is 0 Å². The zero-order valence-corrected chi connectivity index (χ0v) is 10.6. The second-order valence-corrected chi connectivity index (χ2v) is 6.07. The van der Waals surface area contributed by atoms with Gasteiger partial charge in [0.05, 0.1) is 0 Å². The van der Waals surface area contributed by atoms with E-state index in [-0.39, 0.29) is 5.54 Å². The van der Waals surface area contributed by atoms with Gasteiger partial charge in [-0.2, -0.15) is 0 Å². The lowest BCUT2D eigenvalue weighted by Crippen LogP contribution is -2.45. The van der Waals surface area contributed by atoms with E-state index in [2.05, 4.69) is 30.3 Å². The Labute approximate surface area is 104 Å². The molecule has 0 aliphatic heterocycles. The second-order valence-electron chi connectivity index (χ2n) is 6.07. The van der Waals surface area contributed by atoms with Crippen molar-refractivity contribution in [3.05, 3.63) is 35.9 Å². The molecule has 92 valence electrons. The summed E-state index contributed by atoms with van der Waals surface area (Å²) in [6.07, 6.45) is 9.47. The summed E-state index contributed by atoms with van der Waals surface area (Å²) in [6.45, 7) is 0. The number of benzene rings is 1. The van der Waals surface area contributed by atoms with Gasteiger partial charge in [-0.05, 0) is 36.7 Å². The summed E-state index contributed by atoms with van der Waals surface area (Å²) in [5.74, 6) is 1.87. The molecule has 2 aliphatic rings. The SMILES string of the molecule is N[C@]1(c2ccccc2)CC[C@@H]2CCCC[C@@H]2C1. The predicted octanol–water partition coefficient (Wildman–Crippen LogP) is 3.83. The molecule has 2 N–H and O–H groups in total. The average molecular weight is 229 g/mol. The Bertz CT molecular complexity index is 372. The van der Waals surface area contributed by atoms with Crippen LogP contribution in [-0.4, -0.2) is 0 Å². The van der Waals surface area contributed by atoms with Gasteiger partial charge < -0.3 is 5.73 Å². The molecule has 2 saturated carbocycles. The maximum atomic E-state index is 6.69. The monoisotopic (exact) mass is 229 g/mol. The summed E-state index contributed by atoms with van der Waals surface area (Å²) in [5, 5.41) is 0. The predicted molar refractivity (Wildman–Crippen MR) is 71.6 cm³/mol. The van der Waals surface area contributed by atoms with Gasteiger partial charge in [0.2, 0.25) is 0 Å². The minimum atomic E-state index is -0.0419. The number of hydrogen-bond donors (Lipinski definition) is 1. The zero-order chi connectivity index (χ0) is 11.7. The smallest absolute Gasteiger partial charge is 0.0412 e. The van der Waals surface area contributed by atoms with Crippen molar-refractivity contribution < 1.29 is 0 Å². The van der Waals surface area contributed by atoms with Gasteiger partial charge in [-0.15, -0.1) is 0 Å². The van der Waals surface area contributed by atoms with E-state index < -0.39 is 0 Å². The third-order valence-corrected chi connectivity index (χ3v) is 5.00. The third kappa shape index (κ3) is 2.13. The van der Waals surface area contributed by atoms with E-state index in [1.165, 1.54) is 50.5 Å². The van der Waals surface area contributed by atoms with Gasteiger partial charge in [0, 0.05) is 5.54 Å². The molecular formula is C16H23N. The summed E-state index contributed by atoms with van der Waals surface area (Å²) in [6, 6.07) is 10.7. The van der Waals surface area contributed by atoms with Gasteiger partial charge in [-0.3, -0.25) is 0 Å². The van der Waals surface area contributed by atoms with Gasteiger partial charge in [0.1, 0.15) is 0 Å². The molecule has 3 rings (SSSR count). The lowest BCUT2D eigenvalue weighted by Gasteiger charge is -2.45. The van der Waals surface area contributed by atoms with E-state index in [0.717, 1.165) is 11.8 Å². The Morgan fingerprint density at radius 1 is 0.941 bits per heavy atom. The minimum Gasteiger partial charge on any atom is -0.321 e. The molecule has 0 aromatic heterocycles. The van der Waals surface area contributed by atoms with E-state index in [1.807, 2.05) is 0 Å². The van der Waals surface area contributed by atoms with Crippen LogP contribution in [0.5, 0.6) is 0 Å². The Morgan fingerprint density at radius 2 is 1.65 bits per heavy atom. The Hall–Kier alpha value is -0.820. The van der Waals surface area contributed by atoms with Crippen LogP contribution in [-0.2, 0) is 5.54 Å². The summed E-state index contributed by atoms with van der Waals surface area (Å²) in [4.78, 5) is 0. The maximum Gasteiger partial charge on any atom is 0.0412 e. The van der Waals surface area contributed by atoms with Crippen LogP contribution in [0.2, 0.25) is 0 Å². The standard InChI is InChI=1S/C16H23N/c17-16(15-8-2-1-3-9-15)11-10-13-6-4-5-7-14(13)12-16/h1-3,8-9,13-14H,4-7,10-12,17H2/t13-,14+,16+/m0/s1. The first-order chi connectivity index (χ1) is 8.28. The number of hydrogen-bond acceptors (Lipinski definition) is 1. The number of fused-ring (bicyclic) bond motifs is 1. The van der Waals surface area contributed by atoms with Crippen molar-refractivity contribution in [1.82, 2.24) is 0 Å². The summed E-state index contributed by atoms with van der Waals surface area (Å²) in [5.41, 5.74) is 8.00. The van der Waals surface area contributed by atoms with Crippen LogP contribution in [0.15, 0.2) is 30.3 Å². The van der Waals surface area contributed by atoms with E-state index >= 15 is 0 Å².